The van der Waals surface area contributed by atoms with Crippen LogP contribution in [0.5, 0.6) is 11.5 Å². The van der Waals surface area contributed by atoms with E-state index in [0.717, 1.165) is 0 Å². The quantitative estimate of drug-likeness (QED) is 0.204. The van der Waals surface area contributed by atoms with Crippen LogP contribution in [0, 0.1) is 5.92 Å². The van der Waals surface area contributed by atoms with Crippen molar-refractivity contribution in [3.8, 4) is 11.5 Å². The average Bonchev–Trinajstić information content (AvgIpc) is 3.30. The number of hydrogen-bond acceptors (Lipinski definition) is 9. The molecule has 2 aromatic rings. The number of cyclic esters (lactones) is 1. The highest BCUT2D eigenvalue weighted by molar-refractivity contribution is 5.97. The van der Waals surface area contributed by atoms with Gasteiger partial charge in [-0.2, -0.15) is 0 Å². The molecule has 2 aromatic carbocycles. The first kappa shape index (κ1) is 32.0. The molecule has 0 N–H and O–H groups in total. The fraction of sp³-hybridized carbons (Fsp3) is 0.412. The Kier molecular flexibility index (Phi) is 10.8. The Hall–Kier alpha value is -3.92. The molecule has 2 aliphatic heterocycles. The van der Waals surface area contributed by atoms with Crippen LogP contribution in [0.1, 0.15) is 60.4 Å². The van der Waals surface area contributed by atoms with Gasteiger partial charge in [0.25, 0.3) is 0 Å². The van der Waals surface area contributed by atoms with E-state index in [2.05, 4.69) is 6.58 Å². The van der Waals surface area contributed by atoms with Crippen LogP contribution in [0.3, 0.4) is 0 Å². The third-order valence-electron chi connectivity index (χ3n) is 7.11. The summed E-state index contributed by atoms with van der Waals surface area (Å²) < 4.78 is 41.2. The Labute approximate surface area is 253 Å². The number of fused-ring (bicyclic) bond motifs is 2. The van der Waals surface area contributed by atoms with Crippen molar-refractivity contribution in [3.63, 3.8) is 0 Å². The number of carbonyl (C=O) groups is 2. The number of rotatable bonds is 8. The zero-order chi connectivity index (χ0) is 31.0. The van der Waals surface area contributed by atoms with E-state index in [1.807, 2.05) is 39.0 Å². The van der Waals surface area contributed by atoms with Crippen LogP contribution in [-0.2, 0) is 23.7 Å². The Bertz CT molecular complexity index is 1330. The highest BCUT2D eigenvalue weighted by atomic mass is 16.8. The Morgan fingerprint density at radius 2 is 1.86 bits per heavy atom. The summed E-state index contributed by atoms with van der Waals surface area (Å²) in [6.07, 6.45) is 7.00. The monoisotopic (exact) mass is 592 g/mol. The van der Waals surface area contributed by atoms with Gasteiger partial charge in [0.15, 0.2) is 12.6 Å². The van der Waals surface area contributed by atoms with Gasteiger partial charge in [0.2, 0.25) is 0 Å². The molecule has 0 aromatic heterocycles. The molecule has 4 rings (SSSR count). The van der Waals surface area contributed by atoms with Crippen molar-refractivity contribution >= 4 is 18.0 Å². The van der Waals surface area contributed by atoms with Crippen LogP contribution in [0.15, 0.2) is 73.3 Å². The third-order valence-corrected chi connectivity index (χ3v) is 7.11. The van der Waals surface area contributed by atoms with E-state index in [0.29, 0.717) is 23.3 Å². The van der Waals surface area contributed by atoms with Crippen molar-refractivity contribution in [2.75, 3.05) is 20.5 Å². The molecule has 9 nitrogen and oxygen atoms in total. The predicted molar refractivity (Wildman–Crippen MR) is 161 cm³/mol. The largest absolute Gasteiger partial charge is 0.489 e. The van der Waals surface area contributed by atoms with E-state index in [9.17, 15) is 9.59 Å². The lowest BCUT2D eigenvalue weighted by molar-refractivity contribution is -0.152. The summed E-state index contributed by atoms with van der Waals surface area (Å²) in [5.41, 5.74) is 1.21. The Morgan fingerprint density at radius 1 is 1.09 bits per heavy atom. The first-order valence-electron chi connectivity index (χ1n) is 14.3. The number of benzene rings is 2. The summed E-state index contributed by atoms with van der Waals surface area (Å²) in [6.45, 7) is 11.3. The molecule has 0 spiro atoms. The van der Waals surface area contributed by atoms with E-state index < -0.39 is 42.1 Å². The molecule has 1 saturated heterocycles. The van der Waals surface area contributed by atoms with Crippen LogP contribution in [0.4, 0.5) is 0 Å². The summed E-state index contributed by atoms with van der Waals surface area (Å²) in [7, 11) is 1.50. The molecular weight excluding hydrogens is 552 g/mol. The summed E-state index contributed by atoms with van der Waals surface area (Å²) in [6, 6.07) is 12.2. The molecule has 43 heavy (non-hydrogen) atoms. The molecule has 2 heterocycles. The van der Waals surface area contributed by atoms with Gasteiger partial charge < -0.3 is 33.2 Å². The molecule has 2 aliphatic rings. The lowest BCUT2D eigenvalue weighted by Gasteiger charge is -2.25. The van der Waals surface area contributed by atoms with Crippen molar-refractivity contribution < 1.29 is 42.7 Å². The van der Waals surface area contributed by atoms with Crippen LogP contribution >= 0.6 is 0 Å². The number of esters is 2. The van der Waals surface area contributed by atoms with Gasteiger partial charge in [-0.15, -0.1) is 0 Å². The summed E-state index contributed by atoms with van der Waals surface area (Å²) in [5.74, 6) is -1.43. The standard InChI is InChI=1S/C34H40O9/c1-7-18-38-26-19-25-14-11-15-28-31(43-34(4,5)42-28)27(41-32(35)24-12-9-8-10-13-24)17-16-22(2)23(3)40-33(36)30(25)29(20-26)39-21-37-6/h7-14,16-17,19-20,22-23,27-28,31H,1,15,18,21H2,2-6H3/t22-,23+,27?,28+,31-/m1/s1. The van der Waals surface area contributed by atoms with Crippen molar-refractivity contribution in [2.45, 2.75) is 64.3 Å². The predicted octanol–water partition coefficient (Wildman–Crippen LogP) is 6.13. The van der Waals surface area contributed by atoms with Crippen LogP contribution in [-0.4, -0.2) is 62.7 Å². The van der Waals surface area contributed by atoms with Crippen LogP contribution in [0.25, 0.3) is 6.08 Å². The molecular formula is C34H40O9. The van der Waals surface area contributed by atoms with Crippen LogP contribution < -0.4 is 9.47 Å². The van der Waals surface area contributed by atoms with Gasteiger partial charge in [0.1, 0.15) is 42.0 Å². The molecule has 1 fully saturated rings. The summed E-state index contributed by atoms with van der Waals surface area (Å²) in [4.78, 5) is 26.7. The van der Waals surface area contributed by atoms with E-state index in [1.54, 1.807) is 61.5 Å². The smallest absolute Gasteiger partial charge is 0.342 e. The Balaban J connectivity index is 1.75. The molecule has 230 valence electrons. The number of carbonyl (C=O) groups excluding carboxylic acids is 2. The fourth-order valence-electron chi connectivity index (χ4n) is 4.85. The lowest BCUT2D eigenvalue weighted by atomic mass is 9.98. The average molecular weight is 593 g/mol. The number of ether oxygens (including phenoxy) is 7. The van der Waals surface area contributed by atoms with Crippen molar-refractivity contribution in [1.82, 2.24) is 0 Å². The SMILES string of the molecule is C=CCOc1cc2c(c(OCOC)c1)C(=O)O[C@@H](C)[C@H](C)C=CC(OC(=O)c1ccccc1)[C@H]1OC(C)(C)O[C@H]1CC=C2. The van der Waals surface area contributed by atoms with E-state index in [4.69, 9.17) is 33.2 Å². The second-order valence-corrected chi connectivity index (χ2v) is 10.9. The number of hydrogen-bond donors (Lipinski definition) is 0. The third kappa shape index (κ3) is 8.34. The lowest BCUT2D eigenvalue weighted by Crippen LogP contribution is -2.37. The van der Waals surface area contributed by atoms with Gasteiger partial charge in [-0.05, 0) is 57.0 Å². The molecule has 0 radical (unpaired) electrons. The van der Waals surface area contributed by atoms with Gasteiger partial charge in [0.05, 0.1) is 11.7 Å². The van der Waals surface area contributed by atoms with Gasteiger partial charge in [-0.3, -0.25) is 0 Å². The first-order valence-corrected chi connectivity index (χ1v) is 14.3. The maximum absolute atomic E-state index is 13.6. The minimum Gasteiger partial charge on any atom is -0.489 e. The fourth-order valence-corrected chi connectivity index (χ4v) is 4.85. The Morgan fingerprint density at radius 3 is 2.58 bits per heavy atom. The zero-order valence-corrected chi connectivity index (χ0v) is 25.3. The van der Waals surface area contributed by atoms with E-state index >= 15 is 0 Å². The maximum Gasteiger partial charge on any atom is 0.342 e. The zero-order valence-electron chi connectivity index (χ0n) is 25.3. The van der Waals surface area contributed by atoms with Crippen LogP contribution in [0.2, 0.25) is 0 Å². The molecule has 0 bridgehead atoms. The normalized spacial score (nSPS) is 25.0. The highest BCUT2D eigenvalue weighted by Crippen LogP contribution is 2.36. The first-order chi connectivity index (χ1) is 20.6. The molecule has 0 amide bonds. The van der Waals surface area contributed by atoms with Crippen molar-refractivity contribution in [3.05, 3.63) is 90.0 Å². The molecule has 0 aliphatic carbocycles. The molecule has 5 atom stereocenters. The van der Waals surface area contributed by atoms with Crippen molar-refractivity contribution in [2.24, 2.45) is 5.92 Å². The van der Waals surface area contributed by atoms with E-state index in [-0.39, 0.29) is 30.6 Å². The summed E-state index contributed by atoms with van der Waals surface area (Å²) >= 11 is 0. The second-order valence-electron chi connectivity index (χ2n) is 10.9. The second kappa shape index (κ2) is 14.5. The van der Waals surface area contributed by atoms with E-state index in [1.165, 1.54) is 7.11 Å². The topological polar surface area (TPSA) is 98.8 Å². The van der Waals surface area contributed by atoms with Gasteiger partial charge in [-0.1, -0.05) is 56.0 Å². The van der Waals surface area contributed by atoms with Gasteiger partial charge >= 0.3 is 11.9 Å². The maximum atomic E-state index is 13.6. The number of methoxy groups -OCH3 is 1. The van der Waals surface area contributed by atoms with Gasteiger partial charge in [0, 0.05) is 19.1 Å². The molecule has 0 saturated carbocycles. The minimum absolute atomic E-state index is 0.0733. The van der Waals surface area contributed by atoms with Crippen molar-refractivity contribution in [1.29, 1.82) is 0 Å². The minimum atomic E-state index is -0.912. The molecule has 1 unspecified atom stereocenters. The molecule has 9 heteroatoms. The highest BCUT2D eigenvalue weighted by Gasteiger charge is 2.45. The van der Waals surface area contributed by atoms with Gasteiger partial charge in [-0.25, -0.2) is 9.59 Å². The summed E-state index contributed by atoms with van der Waals surface area (Å²) in [5, 5.41) is 0.